The first kappa shape index (κ1) is 15.5. The molecule has 0 saturated heterocycles. The van der Waals surface area contributed by atoms with Gasteiger partial charge in [-0.1, -0.05) is 18.2 Å². The molecule has 0 spiro atoms. The van der Waals surface area contributed by atoms with Crippen LogP contribution < -0.4 is 10.9 Å². The normalized spacial score (nSPS) is 11.1. The summed E-state index contributed by atoms with van der Waals surface area (Å²) < 4.78 is 1.84. The van der Waals surface area contributed by atoms with Gasteiger partial charge in [-0.05, 0) is 30.7 Å². The molecular formula is C18H14N4O2S. The van der Waals surface area contributed by atoms with Gasteiger partial charge in [-0.25, -0.2) is 9.97 Å². The quantitative estimate of drug-likeness (QED) is 0.616. The molecule has 0 aliphatic carbocycles. The summed E-state index contributed by atoms with van der Waals surface area (Å²) in [5.74, 6) is -0.267. The molecule has 0 radical (unpaired) electrons. The molecule has 0 unspecified atom stereocenters. The zero-order chi connectivity index (χ0) is 17.4. The van der Waals surface area contributed by atoms with Crippen LogP contribution >= 0.6 is 11.3 Å². The minimum atomic E-state index is -0.267. The van der Waals surface area contributed by atoms with E-state index in [0.29, 0.717) is 10.2 Å². The van der Waals surface area contributed by atoms with E-state index in [1.54, 1.807) is 6.20 Å². The van der Waals surface area contributed by atoms with Crippen molar-refractivity contribution >= 4 is 43.4 Å². The molecule has 0 saturated carbocycles. The maximum absolute atomic E-state index is 12.7. The third kappa shape index (κ3) is 2.78. The fourth-order valence-electron chi connectivity index (χ4n) is 2.67. The molecule has 1 N–H and O–H groups in total. The Balaban J connectivity index is 1.67. The van der Waals surface area contributed by atoms with Crippen LogP contribution in [0.4, 0.5) is 5.69 Å². The average molecular weight is 350 g/mol. The van der Waals surface area contributed by atoms with Crippen LogP contribution in [-0.4, -0.2) is 20.4 Å². The van der Waals surface area contributed by atoms with E-state index >= 15 is 0 Å². The third-order valence-electron chi connectivity index (χ3n) is 3.95. The lowest BCUT2D eigenvalue weighted by molar-refractivity contribution is -0.116. The van der Waals surface area contributed by atoms with Crippen LogP contribution in [0.3, 0.4) is 0 Å². The highest BCUT2D eigenvalue weighted by molar-refractivity contribution is 7.25. The fourth-order valence-corrected chi connectivity index (χ4v) is 3.72. The lowest BCUT2D eigenvalue weighted by Gasteiger charge is -2.09. The standard InChI is InChI=1S/C18H14N4O2S/c1-11-5-2-3-7-13(11)21-14(23)9-22-10-20-15-12-6-4-8-19-17(12)25-16(15)18(22)24/h2-8,10H,9H2,1H3,(H,21,23). The summed E-state index contributed by atoms with van der Waals surface area (Å²) in [5.41, 5.74) is 2.11. The number of nitrogens with zero attached hydrogens (tertiary/aromatic N) is 3. The van der Waals surface area contributed by atoms with Crippen molar-refractivity contribution in [1.82, 2.24) is 14.5 Å². The average Bonchev–Trinajstić information content (AvgIpc) is 2.99. The first-order valence-electron chi connectivity index (χ1n) is 7.71. The van der Waals surface area contributed by atoms with Gasteiger partial charge in [-0.15, -0.1) is 11.3 Å². The van der Waals surface area contributed by atoms with Crippen molar-refractivity contribution in [3.05, 3.63) is 64.8 Å². The molecule has 3 aromatic heterocycles. The maximum Gasteiger partial charge on any atom is 0.271 e. The van der Waals surface area contributed by atoms with E-state index in [1.165, 1.54) is 22.2 Å². The Morgan fingerprint density at radius 3 is 2.88 bits per heavy atom. The first-order chi connectivity index (χ1) is 12.1. The van der Waals surface area contributed by atoms with E-state index in [4.69, 9.17) is 0 Å². The summed E-state index contributed by atoms with van der Waals surface area (Å²) in [6, 6.07) is 11.2. The molecule has 6 nitrogen and oxygen atoms in total. The van der Waals surface area contributed by atoms with Crippen LogP contribution in [0.5, 0.6) is 0 Å². The molecule has 0 fully saturated rings. The smallest absolute Gasteiger partial charge is 0.271 e. The number of hydrogen-bond donors (Lipinski definition) is 1. The number of nitrogens with one attached hydrogen (secondary N) is 1. The molecule has 1 aromatic carbocycles. The number of anilines is 1. The Hall–Kier alpha value is -3.06. The molecule has 0 bridgehead atoms. The number of rotatable bonds is 3. The molecular weight excluding hydrogens is 336 g/mol. The number of benzene rings is 1. The summed E-state index contributed by atoms with van der Waals surface area (Å²) in [5, 5.41) is 3.68. The van der Waals surface area contributed by atoms with E-state index in [-0.39, 0.29) is 18.0 Å². The van der Waals surface area contributed by atoms with Crippen molar-refractivity contribution in [1.29, 1.82) is 0 Å². The summed E-state index contributed by atoms with van der Waals surface area (Å²) in [4.78, 5) is 34.4. The fraction of sp³-hybridized carbons (Fsp3) is 0.111. The Bertz CT molecular complexity index is 1160. The van der Waals surface area contributed by atoms with Crippen molar-refractivity contribution in [2.45, 2.75) is 13.5 Å². The topological polar surface area (TPSA) is 76.9 Å². The van der Waals surface area contributed by atoms with E-state index in [1.807, 2.05) is 43.3 Å². The number of carbonyl (C=O) groups is 1. The largest absolute Gasteiger partial charge is 0.324 e. The van der Waals surface area contributed by atoms with E-state index in [2.05, 4.69) is 15.3 Å². The highest BCUT2D eigenvalue weighted by atomic mass is 32.1. The van der Waals surface area contributed by atoms with Crippen molar-refractivity contribution in [2.24, 2.45) is 0 Å². The lowest BCUT2D eigenvalue weighted by atomic mass is 10.2. The van der Waals surface area contributed by atoms with Gasteiger partial charge in [0.25, 0.3) is 5.56 Å². The van der Waals surface area contributed by atoms with Gasteiger partial charge in [0, 0.05) is 17.3 Å². The zero-order valence-electron chi connectivity index (χ0n) is 13.4. The van der Waals surface area contributed by atoms with Crippen LogP contribution in [0.25, 0.3) is 20.4 Å². The monoisotopic (exact) mass is 350 g/mol. The molecule has 3 heterocycles. The summed E-state index contributed by atoms with van der Waals surface area (Å²) >= 11 is 1.30. The molecule has 25 heavy (non-hydrogen) atoms. The van der Waals surface area contributed by atoms with Crippen molar-refractivity contribution < 1.29 is 4.79 Å². The summed E-state index contributed by atoms with van der Waals surface area (Å²) in [6.07, 6.45) is 3.10. The Kier molecular flexibility index (Phi) is 3.77. The maximum atomic E-state index is 12.7. The molecule has 1 amide bonds. The Morgan fingerprint density at radius 2 is 2.04 bits per heavy atom. The summed E-state index contributed by atoms with van der Waals surface area (Å²) in [7, 11) is 0. The minimum Gasteiger partial charge on any atom is -0.324 e. The SMILES string of the molecule is Cc1ccccc1NC(=O)Cn1cnc2c(sc3ncccc32)c1=O. The zero-order valence-corrected chi connectivity index (χ0v) is 14.2. The molecule has 4 rings (SSSR count). The Morgan fingerprint density at radius 1 is 1.20 bits per heavy atom. The number of carbonyl (C=O) groups excluding carboxylic acids is 1. The number of hydrogen-bond acceptors (Lipinski definition) is 5. The lowest BCUT2D eigenvalue weighted by Crippen LogP contribution is -2.27. The van der Waals surface area contributed by atoms with Crippen molar-refractivity contribution in [3.8, 4) is 0 Å². The number of amides is 1. The van der Waals surface area contributed by atoms with Gasteiger partial charge in [-0.2, -0.15) is 0 Å². The second-order valence-electron chi connectivity index (χ2n) is 5.68. The number of fused-ring (bicyclic) bond motifs is 3. The van der Waals surface area contributed by atoms with Crippen LogP contribution in [0.1, 0.15) is 5.56 Å². The first-order valence-corrected chi connectivity index (χ1v) is 8.53. The highest BCUT2D eigenvalue weighted by Crippen LogP contribution is 2.27. The third-order valence-corrected chi connectivity index (χ3v) is 5.05. The second kappa shape index (κ2) is 6.10. The van der Waals surface area contributed by atoms with Crippen molar-refractivity contribution in [2.75, 3.05) is 5.32 Å². The van der Waals surface area contributed by atoms with Crippen LogP contribution in [0.2, 0.25) is 0 Å². The van der Waals surface area contributed by atoms with E-state index in [0.717, 1.165) is 21.5 Å². The molecule has 0 atom stereocenters. The number of aryl methyl sites for hydroxylation is 1. The van der Waals surface area contributed by atoms with Gasteiger partial charge in [0.1, 0.15) is 16.1 Å². The predicted octanol–water partition coefficient (Wildman–Crippen LogP) is 2.95. The Labute approximate surface area is 146 Å². The number of pyridine rings is 1. The van der Waals surface area contributed by atoms with Crippen LogP contribution in [0.15, 0.2) is 53.7 Å². The van der Waals surface area contributed by atoms with Gasteiger partial charge in [0.15, 0.2) is 0 Å². The van der Waals surface area contributed by atoms with E-state index < -0.39 is 0 Å². The number of aromatic nitrogens is 3. The predicted molar refractivity (Wildman–Crippen MR) is 99.0 cm³/mol. The summed E-state index contributed by atoms with van der Waals surface area (Å²) in [6.45, 7) is 1.83. The molecule has 4 aromatic rings. The number of para-hydroxylation sites is 1. The van der Waals surface area contributed by atoms with E-state index in [9.17, 15) is 9.59 Å². The second-order valence-corrected chi connectivity index (χ2v) is 6.68. The highest BCUT2D eigenvalue weighted by Gasteiger charge is 2.14. The van der Waals surface area contributed by atoms with Crippen LogP contribution in [-0.2, 0) is 11.3 Å². The van der Waals surface area contributed by atoms with Gasteiger partial charge in [-0.3, -0.25) is 14.2 Å². The van der Waals surface area contributed by atoms with Gasteiger partial charge in [0.2, 0.25) is 5.91 Å². The van der Waals surface area contributed by atoms with Crippen molar-refractivity contribution in [3.63, 3.8) is 0 Å². The minimum absolute atomic E-state index is 0.0855. The van der Waals surface area contributed by atoms with Gasteiger partial charge in [0.05, 0.1) is 11.8 Å². The van der Waals surface area contributed by atoms with Gasteiger partial charge < -0.3 is 5.32 Å². The van der Waals surface area contributed by atoms with Gasteiger partial charge >= 0.3 is 0 Å². The molecule has 0 aliphatic heterocycles. The van der Waals surface area contributed by atoms with Crippen LogP contribution in [0, 0.1) is 6.92 Å². The molecule has 124 valence electrons. The number of thiophene rings is 1. The molecule has 0 aliphatic rings. The molecule has 7 heteroatoms.